The van der Waals surface area contributed by atoms with Crippen molar-refractivity contribution in [2.45, 2.75) is 52.6 Å². The minimum absolute atomic E-state index is 0.127. The van der Waals surface area contributed by atoms with E-state index in [0.717, 1.165) is 23.6 Å². The van der Waals surface area contributed by atoms with Crippen LogP contribution in [0.4, 0.5) is 0 Å². The monoisotopic (exact) mass is 461 g/mol. The van der Waals surface area contributed by atoms with Gasteiger partial charge in [-0.25, -0.2) is 4.98 Å². The summed E-state index contributed by atoms with van der Waals surface area (Å²) in [6.45, 7) is 9.57. The van der Waals surface area contributed by atoms with Gasteiger partial charge in [-0.3, -0.25) is 4.79 Å². The van der Waals surface area contributed by atoms with E-state index in [2.05, 4.69) is 66.7 Å². The highest BCUT2D eigenvalue weighted by atomic mass is 16.5. The van der Waals surface area contributed by atoms with Crippen LogP contribution in [0, 0.1) is 6.92 Å². The number of carbonyl (C=O) groups is 1. The Hall–Kier alpha value is -3.12. The Bertz CT molecular complexity index is 1110. The number of ether oxygens (including phenoxy) is 2. The van der Waals surface area contributed by atoms with Gasteiger partial charge in [-0.05, 0) is 29.7 Å². The zero-order chi connectivity index (χ0) is 23.9. The van der Waals surface area contributed by atoms with Crippen LogP contribution in [0.3, 0.4) is 0 Å². The number of benzene rings is 2. The first kappa shape index (κ1) is 24.0. The lowest BCUT2D eigenvalue weighted by Gasteiger charge is -2.24. The van der Waals surface area contributed by atoms with E-state index in [9.17, 15) is 4.79 Å². The number of amides is 1. The number of aromatic nitrogens is 2. The van der Waals surface area contributed by atoms with Gasteiger partial charge in [0.05, 0.1) is 13.2 Å². The van der Waals surface area contributed by atoms with Crippen LogP contribution in [-0.2, 0) is 29.0 Å². The van der Waals surface area contributed by atoms with Gasteiger partial charge in [0.15, 0.2) is 0 Å². The summed E-state index contributed by atoms with van der Waals surface area (Å²) < 4.78 is 13.9. The zero-order valence-electron chi connectivity index (χ0n) is 20.5. The molecule has 4 rings (SSSR count). The average molecular weight is 462 g/mol. The van der Waals surface area contributed by atoms with Crippen LogP contribution in [0.25, 0.3) is 0 Å². The fourth-order valence-corrected chi connectivity index (χ4v) is 4.43. The maximum Gasteiger partial charge on any atom is 0.224 e. The highest BCUT2D eigenvalue weighted by Gasteiger charge is 2.17. The van der Waals surface area contributed by atoms with Gasteiger partial charge in [-0.2, -0.15) is 0 Å². The number of rotatable bonds is 4. The number of carbonyl (C=O) groups excluding carboxylic acids is 1. The summed E-state index contributed by atoms with van der Waals surface area (Å²) in [5.41, 5.74) is 4.73. The maximum absolute atomic E-state index is 13.2. The number of imidazole rings is 1. The minimum atomic E-state index is 0.127. The minimum Gasteiger partial charge on any atom is -0.491 e. The SMILES string of the molecule is Cc1ccc2c(c1)Cc1cccc(c1)CN(C(=O)CCn1ccnc1C(C)C)CCOCCO2. The standard InChI is InChI=1S/C28H35N3O3/c1-21(2)28-29-10-12-30(28)11-9-27(32)31-13-14-33-15-16-34-26-8-7-22(3)17-25(26)19-23-5-4-6-24(18-23)20-31/h4-8,10,12,17-18,21H,9,11,13-16,19-20H2,1-3H3. The van der Waals surface area contributed by atoms with Gasteiger partial charge in [0, 0.05) is 50.8 Å². The lowest BCUT2D eigenvalue weighted by Crippen LogP contribution is -2.34. The van der Waals surface area contributed by atoms with E-state index < -0.39 is 0 Å². The smallest absolute Gasteiger partial charge is 0.224 e. The second-order valence-corrected chi connectivity index (χ2v) is 9.27. The van der Waals surface area contributed by atoms with Crippen LogP contribution in [0.5, 0.6) is 5.75 Å². The predicted molar refractivity (Wildman–Crippen MR) is 133 cm³/mol. The Morgan fingerprint density at radius 1 is 1.09 bits per heavy atom. The Balaban J connectivity index is 1.50. The Morgan fingerprint density at radius 2 is 1.94 bits per heavy atom. The summed E-state index contributed by atoms with van der Waals surface area (Å²) in [6.07, 6.45) is 4.99. The van der Waals surface area contributed by atoms with Crippen molar-refractivity contribution >= 4 is 5.91 Å². The Kier molecular flexibility index (Phi) is 8.01. The van der Waals surface area contributed by atoms with Crippen molar-refractivity contribution in [3.63, 3.8) is 0 Å². The third-order valence-corrected chi connectivity index (χ3v) is 6.15. The van der Waals surface area contributed by atoms with Crippen molar-refractivity contribution in [2.24, 2.45) is 0 Å². The summed E-state index contributed by atoms with van der Waals surface area (Å²) in [5, 5.41) is 0. The van der Waals surface area contributed by atoms with Crippen LogP contribution < -0.4 is 4.74 Å². The molecule has 0 aliphatic carbocycles. The highest BCUT2D eigenvalue weighted by molar-refractivity contribution is 5.76. The molecule has 1 aliphatic heterocycles. The molecular formula is C28H35N3O3. The van der Waals surface area contributed by atoms with Gasteiger partial charge in [-0.1, -0.05) is 55.8 Å². The number of hydrogen-bond donors (Lipinski definition) is 0. The quantitative estimate of drug-likeness (QED) is 0.564. The van der Waals surface area contributed by atoms with Gasteiger partial charge in [0.2, 0.25) is 5.91 Å². The number of nitrogens with zero attached hydrogens (tertiary/aromatic N) is 3. The predicted octanol–water partition coefficient (Wildman–Crippen LogP) is 4.73. The molecule has 180 valence electrons. The first-order chi connectivity index (χ1) is 16.5. The highest BCUT2D eigenvalue weighted by Crippen LogP contribution is 2.24. The molecule has 2 bridgehead atoms. The number of aryl methyl sites for hydroxylation is 2. The van der Waals surface area contributed by atoms with Crippen LogP contribution in [-0.4, -0.2) is 46.7 Å². The molecule has 34 heavy (non-hydrogen) atoms. The van der Waals surface area contributed by atoms with Crippen LogP contribution in [0.15, 0.2) is 54.9 Å². The van der Waals surface area contributed by atoms with Gasteiger partial charge in [-0.15, -0.1) is 0 Å². The fourth-order valence-electron chi connectivity index (χ4n) is 4.43. The van der Waals surface area contributed by atoms with Crippen LogP contribution in [0.2, 0.25) is 0 Å². The molecule has 0 saturated carbocycles. The molecular weight excluding hydrogens is 426 g/mol. The van der Waals surface area contributed by atoms with Crippen molar-refractivity contribution in [1.29, 1.82) is 0 Å². The first-order valence-corrected chi connectivity index (χ1v) is 12.2. The van der Waals surface area contributed by atoms with Crippen molar-refractivity contribution in [2.75, 3.05) is 26.4 Å². The van der Waals surface area contributed by atoms with E-state index >= 15 is 0 Å². The largest absolute Gasteiger partial charge is 0.491 e. The van der Waals surface area contributed by atoms with E-state index in [4.69, 9.17) is 9.47 Å². The first-order valence-electron chi connectivity index (χ1n) is 12.2. The summed E-state index contributed by atoms with van der Waals surface area (Å²) in [7, 11) is 0. The van der Waals surface area contributed by atoms with Gasteiger partial charge < -0.3 is 18.9 Å². The fraction of sp³-hybridized carbons (Fsp3) is 0.429. The summed E-state index contributed by atoms with van der Waals surface area (Å²) in [6, 6.07) is 14.8. The number of fused-ring (bicyclic) bond motifs is 3. The lowest BCUT2D eigenvalue weighted by molar-refractivity contribution is -0.132. The molecule has 6 nitrogen and oxygen atoms in total. The van der Waals surface area contributed by atoms with Crippen LogP contribution in [0.1, 0.15) is 54.3 Å². The van der Waals surface area contributed by atoms with Crippen LogP contribution >= 0.6 is 0 Å². The molecule has 0 atom stereocenters. The molecule has 0 unspecified atom stereocenters. The lowest BCUT2D eigenvalue weighted by atomic mass is 10.00. The summed E-state index contributed by atoms with van der Waals surface area (Å²) in [5.74, 6) is 2.38. The van der Waals surface area contributed by atoms with Gasteiger partial charge in [0.1, 0.15) is 18.2 Å². The zero-order valence-corrected chi connectivity index (χ0v) is 20.5. The summed E-state index contributed by atoms with van der Waals surface area (Å²) >= 11 is 0. The molecule has 2 heterocycles. The normalized spacial score (nSPS) is 14.9. The molecule has 0 fully saturated rings. The molecule has 0 saturated heterocycles. The van der Waals surface area contributed by atoms with E-state index in [1.54, 1.807) is 0 Å². The van der Waals surface area contributed by atoms with E-state index in [1.165, 1.54) is 16.7 Å². The molecule has 0 radical (unpaired) electrons. The molecule has 3 aromatic rings. The second kappa shape index (κ2) is 11.3. The molecule has 6 heteroatoms. The number of hydrogen-bond acceptors (Lipinski definition) is 4. The molecule has 2 aromatic carbocycles. The van der Waals surface area contributed by atoms with Crippen molar-refractivity contribution in [3.8, 4) is 5.75 Å². The molecule has 0 spiro atoms. The molecule has 1 aliphatic rings. The molecule has 0 N–H and O–H groups in total. The van der Waals surface area contributed by atoms with Crippen molar-refractivity contribution in [3.05, 3.63) is 82.9 Å². The van der Waals surface area contributed by atoms with E-state index in [1.807, 2.05) is 23.4 Å². The topological polar surface area (TPSA) is 56.6 Å². The van der Waals surface area contributed by atoms with Gasteiger partial charge in [0.25, 0.3) is 0 Å². The van der Waals surface area contributed by atoms with E-state index in [0.29, 0.717) is 51.8 Å². The Labute approximate surface area is 202 Å². The average Bonchev–Trinajstić information content (AvgIpc) is 3.29. The third-order valence-electron chi connectivity index (χ3n) is 6.15. The van der Waals surface area contributed by atoms with E-state index in [-0.39, 0.29) is 5.91 Å². The third kappa shape index (κ3) is 6.26. The summed E-state index contributed by atoms with van der Waals surface area (Å²) in [4.78, 5) is 19.6. The second-order valence-electron chi connectivity index (χ2n) is 9.27. The molecule has 1 aromatic heterocycles. The van der Waals surface area contributed by atoms with Gasteiger partial charge >= 0.3 is 0 Å². The maximum atomic E-state index is 13.2. The van der Waals surface area contributed by atoms with Crippen molar-refractivity contribution < 1.29 is 14.3 Å². The van der Waals surface area contributed by atoms with Crippen molar-refractivity contribution in [1.82, 2.24) is 14.5 Å². The molecule has 1 amide bonds. The Morgan fingerprint density at radius 3 is 2.79 bits per heavy atom.